The lowest BCUT2D eigenvalue weighted by molar-refractivity contribution is -0.275. The van der Waals surface area contributed by atoms with Gasteiger partial charge in [0, 0.05) is 51.0 Å². The van der Waals surface area contributed by atoms with Gasteiger partial charge in [-0.15, -0.1) is 6.58 Å². The molecule has 3 aromatic carbocycles. The highest BCUT2D eigenvalue weighted by atomic mass is 16.7. The van der Waals surface area contributed by atoms with Crippen LogP contribution in [0.15, 0.2) is 85.5 Å². The van der Waals surface area contributed by atoms with Crippen LogP contribution in [0.2, 0.25) is 0 Å². The second-order valence-electron chi connectivity index (χ2n) is 12.2. The first kappa shape index (κ1) is 35.0. The molecule has 1 aliphatic heterocycles. The fourth-order valence-corrected chi connectivity index (χ4v) is 5.76. The first-order valence-electron chi connectivity index (χ1n) is 16.3. The molecule has 1 fully saturated rings. The van der Waals surface area contributed by atoms with Crippen LogP contribution < -0.4 is 10.6 Å². The van der Waals surface area contributed by atoms with Crippen molar-refractivity contribution in [1.29, 1.82) is 0 Å². The molecule has 46 heavy (non-hydrogen) atoms. The second-order valence-corrected chi connectivity index (χ2v) is 12.2. The number of unbranched alkanes of at least 4 members (excludes halogenated alkanes) is 2. The fourth-order valence-electron chi connectivity index (χ4n) is 5.76. The van der Waals surface area contributed by atoms with Crippen LogP contribution in [0.4, 0.5) is 0 Å². The van der Waals surface area contributed by atoms with Gasteiger partial charge >= 0.3 is 0 Å². The van der Waals surface area contributed by atoms with E-state index in [1.165, 1.54) is 6.92 Å². The number of nitrogens with one attached hydrogen (secondary N) is 2. The van der Waals surface area contributed by atoms with Gasteiger partial charge in [0.1, 0.15) is 0 Å². The predicted molar refractivity (Wildman–Crippen MR) is 182 cm³/mol. The highest BCUT2D eigenvalue weighted by Gasteiger charge is 2.38. The third-order valence-electron chi connectivity index (χ3n) is 8.44. The van der Waals surface area contributed by atoms with Gasteiger partial charge in [-0.25, -0.2) is 0 Å². The van der Waals surface area contributed by atoms with Crippen molar-refractivity contribution in [2.75, 3.05) is 26.7 Å². The molecular formula is C38H49N3O5. The summed E-state index contributed by atoms with van der Waals surface area (Å²) in [6.07, 6.45) is 4.21. The summed E-state index contributed by atoms with van der Waals surface area (Å²) in [7, 11) is 2.07. The highest BCUT2D eigenvalue weighted by molar-refractivity contribution is 5.76. The predicted octanol–water partition coefficient (Wildman–Crippen LogP) is 6.07. The Labute approximate surface area is 273 Å². The minimum absolute atomic E-state index is 0.00892. The van der Waals surface area contributed by atoms with E-state index in [0.29, 0.717) is 19.5 Å². The van der Waals surface area contributed by atoms with E-state index < -0.39 is 6.29 Å². The molecule has 0 aromatic heterocycles. The molecule has 3 aromatic rings. The topological polar surface area (TPSA) is 100 Å². The Balaban J connectivity index is 1.39. The summed E-state index contributed by atoms with van der Waals surface area (Å²) >= 11 is 0. The number of hydrogen-bond donors (Lipinski definition) is 3. The molecule has 0 spiro atoms. The number of aliphatic hydroxyl groups is 1. The van der Waals surface area contributed by atoms with E-state index in [1.807, 2.05) is 42.5 Å². The van der Waals surface area contributed by atoms with E-state index in [0.717, 1.165) is 65.7 Å². The van der Waals surface area contributed by atoms with Gasteiger partial charge in [-0.2, -0.15) is 0 Å². The maximum absolute atomic E-state index is 12.4. The Morgan fingerprint density at radius 1 is 0.913 bits per heavy atom. The van der Waals surface area contributed by atoms with Crippen LogP contribution in [-0.2, 0) is 32.2 Å². The first-order valence-corrected chi connectivity index (χ1v) is 16.3. The zero-order valence-corrected chi connectivity index (χ0v) is 27.4. The van der Waals surface area contributed by atoms with Crippen molar-refractivity contribution >= 4 is 11.8 Å². The molecule has 0 aliphatic carbocycles. The number of carbonyl (C=O) groups is 2. The summed E-state index contributed by atoms with van der Waals surface area (Å²) in [5.41, 5.74) is 6.06. The molecule has 4 rings (SSSR count). The molecule has 246 valence electrons. The quantitative estimate of drug-likeness (QED) is 0.132. The third-order valence-corrected chi connectivity index (χ3v) is 8.44. The van der Waals surface area contributed by atoms with Crippen molar-refractivity contribution in [3.8, 4) is 11.1 Å². The Hall–Kier alpha value is -3.82. The molecule has 8 nitrogen and oxygen atoms in total. The zero-order chi connectivity index (χ0) is 32.9. The second kappa shape index (κ2) is 17.8. The van der Waals surface area contributed by atoms with Crippen LogP contribution in [0, 0.1) is 5.92 Å². The number of benzene rings is 3. The monoisotopic (exact) mass is 627 g/mol. The van der Waals surface area contributed by atoms with Gasteiger partial charge in [0.05, 0.1) is 18.8 Å². The fraction of sp³-hybridized carbons (Fsp3) is 0.421. The van der Waals surface area contributed by atoms with Crippen LogP contribution in [-0.4, -0.2) is 54.6 Å². The summed E-state index contributed by atoms with van der Waals surface area (Å²) < 4.78 is 13.2. The van der Waals surface area contributed by atoms with Gasteiger partial charge in [-0.05, 0) is 53.8 Å². The molecular weight excluding hydrogens is 578 g/mol. The molecule has 0 saturated carbocycles. The molecule has 8 heteroatoms. The van der Waals surface area contributed by atoms with Crippen LogP contribution >= 0.6 is 0 Å². The van der Waals surface area contributed by atoms with Crippen molar-refractivity contribution in [3.05, 3.63) is 108 Å². The molecule has 3 N–H and O–H groups in total. The molecule has 0 bridgehead atoms. The number of aliphatic hydroxyl groups excluding tert-OH is 1. The standard InChI is InChI=1S/C38H49N3O5/c1-5-22-41(4)25-35-27(2)37(32-15-13-29(26-42)14-16-32)46-38(45-35)33-19-17-31(18-20-33)34-11-9-10-30(23-34)24-40-36(44)12-7-6-8-21-39-28(3)43/h5,9-11,13-20,23,27,35,37-38,42H,1,6-8,12,21-22,24-26H2,2-4H3,(H,39,43)(H,40,44)/t27-,35+,37+,38+/m0/s1. The largest absolute Gasteiger partial charge is 0.392 e. The summed E-state index contributed by atoms with van der Waals surface area (Å²) in [6, 6.07) is 24.5. The minimum Gasteiger partial charge on any atom is -0.392 e. The van der Waals surface area contributed by atoms with Crippen LogP contribution in [0.25, 0.3) is 11.1 Å². The van der Waals surface area contributed by atoms with Crippen molar-refractivity contribution in [2.45, 2.75) is 71.2 Å². The van der Waals surface area contributed by atoms with Crippen molar-refractivity contribution in [1.82, 2.24) is 15.5 Å². The summed E-state index contributed by atoms with van der Waals surface area (Å²) in [5, 5.41) is 15.3. The summed E-state index contributed by atoms with van der Waals surface area (Å²) in [4.78, 5) is 25.5. The van der Waals surface area contributed by atoms with E-state index in [-0.39, 0.29) is 36.5 Å². The highest BCUT2D eigenvalue weighted by Crippen LogP contribution is 2.42. The normalized spacial score (nSPS) is 19.5. The molecule has 1 saturated heterocycles. The summed E-state index contributed by atoms with van der Waals surface area (Å²) in [6.45, 7) is 10.2. The van der Waals surface area contributed by atoms with Gasteiger partial charge in [0.15, 0.2) is 6.29 Å². The lowest BCUT2D eigenvalue weighted by atomic mass is 9.90. The van der Waals surface area contributed by atoms with Gasteiger partial charge in [0.25, 0.3) is 0 Å². The number of carbonyl (C=O) groups excluding carboxylic acids is 2. The number of likely N-dealkylation sites (N-methyl/N-ethyl adjacent to an activating group) is 1. The average Bonchev–Trinajstić information content (AvgIpc) is 3.06. The lowest BCUT2D eigenvalue weighted by Crippen LogP contribution is -2.43. The molecule has 1 heterocycles. The molecule has 4 atom stereocenters. The van der Waals surface area contributed by atoms with Gasteiger partial charge in [-0.3, -0.25) is 9.59 Å². The van der Waals surface area contributed by atoms with E-state index in [2.05, 4.69) is 72.5 Å². The van der Waals surface area contributed by atoms with E-state index in [1.54, 1.807) is 0 Å². The Kier molecular flexibility index (Phi) is 13.5. The smallest absolute Gasteiger partial charge is 0.220 e. The van der Waals surface area contributed by atoms with Gasteiger partial charge in [0.2, 0.25) is 11.8 Å². The van der Waals surface area contributed by atoms with Crippen molar-refractivity contribution < 1.29 is 24.2 Å². The average molecular weight is 628 g/mol. The maximum Gasteiger partial charge on any atom is 0.220 e. The number of ether oxygens (including phenoxy) is 2. The minimum atomic E-state index is -0.526. The van der Waals surface area contributed by atoms with E-state index in [9.17, 15) is 14.7 Å². The Morgan fingerprint density at radius 3 is 2.35 bits per heavy atom. The first-order chi connectivity index (χ1) is 22.3. The Morgan fingerprint density at radius 2 is 1.65 bits per heavy atom. The molecule has 2 amide bonds. The number of nitrogens with zero attached hydrogens (tertiary/aromatic N) is 1. The van der Waals surface area contributed by atoms with Gasteiger partial charge in [-0.1, -0.05) is 86.2 Å². The number of amides is 2. The number of rotatable bonds is 16. The van der Waals surface area contributed by atoms with E-state index in [4.69, 9.17) is 9.47 Å². The van der Waals surface area contributed by atoms with Crippen LogP contribution in [0.5, 0.6) is 0 Å². The maximum atomic E-state index is 12.4. The number of hydrogen-bond acceptors (Lipinski definition) is 6. The Bertz CT molecular complexity index is 1410. The lowest BCUT2D eigenvalue weighted by Gasteiger charge is -2.42. The summed E-state index contributed by atoms with van der Waals surface area (Å²) in [5.74, 6) is 0.124. The van der Waals surface area contributed by atoms with Crippen LogP contribution in [0.3, 0.4) is 0 Å². The SMILES string of the molecule is C=CCN(C)C[C@H]1O[C@@H](c2ccc(-c3cccc(CNC(=O)CCCCCNC(C)=O)c3)cc2)O[C@@H](c2ccc(CO)cc2)[C@H]1C. The van der Waals surface area contributed by atoms with Crippen molar-refractivity contribution in [3.63, 3.8) is 0 Å². The van der Waals surface area contributed by atoms with Crippen LogP contribution in [0.1, 0.15) is 74.2 Å². The molecule has 0 unspecified atom stereocenters. The molecule has 0 radical (unpaired) electrons. The molecule has 1 aliphatic rings. The third kappa shape index (κ3) is 10.4. The van der Waals surface area contributed by atoms with E-state index >= 15 is 0 Å². The van der Waals surface area contributed by atoms with Crippen molar-refractivity contribution in [2.24, 2.45) is 5.92 Å². The van der Waals surface area contributed by atoms with Gasteiger partial charge < -0.3 is 30.1 Å². The zero-order valence-electron chi connectivity index (χ0n) is 27.4.